The van der Waals surface area contributed by atoms with Crippen LogP contribution in [0.3, 0.4) is 0 Å². The van der Waals surface area contributed by atoms with Crippen LogP contribution in [0.25, 0.3) is 21.3 Å². The molecule has 4 rings (SSSR count). The van der Waals surface area contributed by atoms with Crippen LogP contribution in [0, 0.1) is 0 Å². The van der Waals surface area contributed by atoms with Crippen LogP contribution in [-0.2, 0) is 11.3 Å². The second-order valence-electron chi connectivity index (χ2n) is 5.84. The van der Waals surface area contributed by atoms with Crippen molar-refractivity contribution >= 4 is 33.9 Å². The van der Waals surface area contributed by atoms with Gasteiger partial charge in [-0.3, -0.25) is 14.5 Å². The van der Waals surface area contributed by atoms with Crippen molar-refractivity contribution in [2.24, 2.45) is 0 Å². The Balaban J connectivity index is 1.87. The molecule has 1 aliphatic heterocycles. The zero-order valence-electron chi connectivity index (χ0n) is 13.1. The van der Waals surface area contributed by atoms with E-state index < -0.39 is 0 Å². The van der Waals surface area contributed by atoms with Gasteiger partial charge in [-0.05, 0) is 35.4 Å². The third kappa shape index (κ3) is 2.17. The van der Waals surface area contributed by atoms with Crippen molar-refractivity contribution in [1.82, 2.24) is 9.88 Å². The number of amides is 2. The highest BCUT2D eigenvalue weighted by Crippen LogP contribution is 2.34. The van der Waals surface area contributed by atoms with Crippen molar-refractivity contribution in [3.63, 3.8) is 0 Å². The van der Waals surface area contributed by atoms with E-state index in [9.17, 15) is 9.59 Å². The molecular formula is C19H14N2O2S. The molecule has 0 saturated carbocycles. The summed E-state index contributed by atoms with van der Waals surface area (Å²) in [4.78, 5) is 30.4. The van der Waals surface area contributed by atoms with Crippen molar-refractivity contribution in [1.29, 1.82) is 0 Å². The Morgan fingerprint density at radius 3 is 2.79 bits per heavy atom. The molecule has 0 N–H and O–H groups in total. The number of benzene rings is 2. The summed E-state index contributed by atoms with van der Waals surface area (Å²) in [5.74, 6) is -0.569. The zero-order valence-corrected chi connectivity index (χ0v) is 13.9. The maximum Gasteiger partial charge on any atom is 0.261 e. The van der Waals surface area contributed by atoms with Crippen LogP contribution in [0.2, 0.25) is 0 Å². The molecule has 0 spiro atoms. The first-order valence-corrected chi connectivity index (χ1v) is 8.41. The Hall–Kier alpha value is -2.79. The molecule has 0 radical (unpaired) electrons. The minimum atomic E-state index is -0.319. The molecule has 0 atom stereocenters. The summed E-state index contributed by atoms with van der Waals surface area (Å²) in [7, 11) is 0. The lowest BCUT2D eigenvalue weighted by molar-refractivity contribution is -0.124. The Morgan fingerprint density at radius 2 is 2.08 bits per heavy atom. The SMILES string of the molecule is C=C(C)C(=O)N1Cc2c(ccc3ccc(-c4nccs4)cc23)C1=O. The highest BCUT2D eigenvalue weighted by Gasteiger charge is 2.33. The molecule has 24 heavy (non-hydrogen) atoms. The number of thiazole rings is 1. The number of nitrogens with zero attached hydrogens (tertiary/aromatic N) is 2. The second-order valence-corrected chi connectivity index (χ2v) is 6.74. The van der Waals surface area contributed by atoms with Gasteiger partial charge in [-0.1, -0.05) is 24.8 Å². The maximum absolute atomic E-state index is 12.6. The van der Waals surface area contributed by atoms with Crippen molar-refractivity contribution in [3.05, 3.63) is 65.2 Å². The number of carbonyl (C=O) groups is 2. The summed E-state index contributed by atoms with van der Waals surface area (Å²) in [5, 5.41) is 4.91. The van der Waals surface area contributed by atoms with E-state index in [0.29, 0.717) is 17.7 Å². The van der Waals surface area contributed by atoms with Gasteiger partial charge in [0, 0.05) is 28.3 Å². The minimum absolute atomic E-state index is 0.250. The molecule has 2 amide bonds. The van der Waals surface area contributed by atoms with Crippen LogP contribution in [0.15, 0.2) is 54.1 Å². The molecule has 3 aromatic rings. The van der Waals surface area contributed by atoms with Crippen LogP contribution in [0.1, 0.15) is 22.8 Å². The van der Waals surface area contributed by atoms with Crippen molar-refractivity contribution in [2.75, 3.05) is 0 Å². The molecule has 0 bridgehead atoms. The van der Waals surface area contributed by atoms with Gasteiger partial charge in [0.15, 0.2) is 0 Å². The van der Waals surface area contributed by atoms with Gasteiger partial charge in [0.25, 0.3) is 11.8 Å². The molecule has 0 unspecified atom stereocenters. The zero-order chi connectivity index (χ0) is 16.8. The Labute approximate surface area is 143 Å². The normalized spacial score (nSPS) is 13.4. The van der Waals surface area contributed by atoms with E-state index in [2.05, 4.69) is 17.6 Å². The monoisotopic (exact) mass is 334 g/mol. The molecule has 2 heterocycles. The molecule has 0 aliphatic carbocycles. The lowest BCUT2D eigenvalue weighted by Gasteiger charge is -2.13. The largest absolute Gasteiger partial charge is 0.270 e. The molecule has 118 valence electrons. The van der Waals surface area contributed by atoms with Crippen LogP contribution in [0.5, 0.6) is 0 Å². The first-order valence-electron chi connectivity index (χ1n) is 7.53. The number of aromatic nitrogens is 1. The van der Waals surface area contributed by atoms with E-state index in [-0.39, 0.29) is 11.8 Å². The third-order valence-corrected chi connectivity index (χ3v) is 5.04. The summed E-state index contributed by atoms with van der Waals surface area (Å²) in [6.07, 6.45) is 1.77. The minimum Gasteiger partial charge on any atom is -0.270 e. The number of carbonyl (C=O) groups excluding carboxylic acids is 2. The van der Waals surface area contributed by atoms with Crippen LogP contribution >= 0.6 is 11.3 Å². The number of fused-ring (bicyclic) bond motifs is 3. The Morgan fingerprint density at radius 1 is 1.29 bits per heavy atom. The molecule has 2 aromatic carbocycles. The van der Waals surface area contributed by atoms with Crippen LogP contribution < -0.4 is 0 Å². The van der Waals surface area contributed by atoms with Gasteiger partial charge in [0.1, 0.15) is 5.01 Å². The van der Waals surface area contributed by atoms with Crippen molar-refractivity contribution in [3.8, 4) is 10.6 Å². The van der Waals surface area contributed by atoms with E-state index >= 15 is 0 Å². The van der Waals surface area contributed by atoms with Crippen LogP contribution in [0.4, 0.5) is 0 Å². The smallest absolute Gasteiger partial charge is 0.261 e. The number of imide groups is 1. The Bertz CT molecular complexity index is 1010. The Kier molecular flexibility index (Phi) is 3.32. The van der Waals surface area contributed by atoms with E-state index in [0.717, 1.165) is 26.9 Å². The predicted octanol–water partition coefficient (Wildman–Crippen LogP) is 4.02. The van der Waals surface area contributed by atoms with Gasteiger partial charge in [0.2, 0.25) is 0 Å². The third-order valence-electron chi connectivity index (χ3n) is 4.21. The summed E-state index contributed by atoms with van der Waals surface area (Å²) in [6.45, 7) is 5.57. The average Bonchev–Trinajstić information content (AvgIpc) is 3.22. The molecule has 1 aliphatic rings. The number of hydrogen-bond acceptors (Lipinski definition) is 4. The fourth-order valence-electron chi connectivity index (χ4n) is 3.02. The fourth-order valence-corrected chi connectivity index (χ4v) is 3.66. The first-order chi connectivity index (χ1) is 11.6. The molecule has 1 aromatic heterocycles. The van der Waals surface area contributed by atoms with E-state index in [1.54, 1.807) is 30.5 Å². The summed E-state index contributed by atoms with van der Waals surface area (Å²) >= 11 is 1.57. The van der Waals surface area contributed by atoms with Gasteiger partial charge < -0.3 is 0 Å². The second kappa shape index (κ2) is 5.39. The highest BCUT2D eigenvalue weighted by atomic mass is 32.1. The van der Waals surface area contributed by atoms with E-state index in [4.69, 9.17) is 0 Å². The molecule has 4 nitrogen and oxygen atoms in total. The van der Waals surface area contributed by atoms with Crippen molar-refractivity contribution in [2.45, 2.75) is 13.5 Å². The summed E-state index contributed by atoms with van der Waals surface area (Å²) < 4.78 is 0. The van der Waals surface area contributed by atoms with E-state index in [1.807, 2.05) is 23.6 Å². The lowest BCUT2D eigenvalue weighted by atomic mass is 9.99. The predicted molar refractivity (Wildman–Crippen MR) is 94.8 cm³/mol. The highest BCUT2D eigenvalue weighted by molar-refractivity contribution is 7.13. The first kappa shape index (κ1) is 14.8. The fraction of sp³-hybridized carbons (Fsp3) is 0.105. The van der Waals surface area contributed by atoms with Crippen LogP contribution in [-0.4, -0.2) is 21.7 Å². The average molecular weight is 334 g/mol. The maximum atomic E-state index is 12.6. The van der Waals surface area contributed by atoms with Gasteiger partial charge in [-0.25, -0.2) is 4.98 Å². The number of rotatable bonds is 2. The van der Waals surface area contributed by atoms with Crippen molar-refractivity contribution < 1.29 is 9.59 Å². The molecular weight excluding hydrogens is 320 g/mol. The summed E-state index contributed by atoms with van der Waals surface area (Å²) in [6, 6.07) is 9.83. The topological polar surface area (TPSA) is 50.3 Å². The number of hydrogen-bond donors (Lipinski definition) is 0. The standard InChI is InChI=1S/C19H14N2O2S/c1-11(2)18(22)21-10-16-14(19(21)23)6-5-12-3-4-13(9-15(12)16)17-20-7-8-24-17/h3-9H,1,10H2,2H3. The van der Waals surface area contributed by atoms with Gasteiger partial charge in [-0.2, -0.15) is 0 Å². The molecule has 5 heteroatoms. The molecule has 0 saturated heterocycles. The van der Waals surface area contributed by atoms with Gasteiger partial charge in [-0.15, -0.1) is 11.3 Å². The van der Waals surface area contributed by atoms with Gasteiger partial charge in [0.05, 0.1) is 6.54 Å². The quantitative estimate of drug-likeness (QED) is 0.665. The van der Waals surface area contributed by atoms with E-state index in [1.165, 1.54) is 4.90 Å². The van der Waals surface area contributed by atoms with Gasteiger partial charge >= 0.3 is 0 Å². The summed E-state index contributed by atoms with van der Waals surface area (Å²) in [5.41, 5.74) is 2.87. The lowest BCUT2D eigenvalue weighted by Crippen LogP contribution is -2.31. The molecule has 0 fully saturated rings.